The number of hydrogen-bond acceptors (Lipinski definition) is 5. The summed E-state index contributed by atoms with van der Waals surface area (Å²) in [5.74, 6) is 1.85. The Morgan fingerprint density at radius 3 is 1.72 bits per heavy atom. The minimum absolute atomic E-state index is 0.607. The largest absolute Gasteiger partial charge is 0.456 e. The summed E-state index contributed by atoms with van der Waals surface area (Å²) >= 11 is 0. The van der Waals surface area contributed by atoms with Crippen LogP contribution in [0.15, 0.2) is 185 Å². The lowest BCUT2D eigenvalue weighted by Crippen LogP contribution is -2.00. The van der Waals surface area contributed by atoms with Crippen LogP contribution in [0.25, 0.3) is 116 Å². The van der Waals surface area contributed by atoms with Gasteiger partial charge in [-0.3, -0.25) is 0 Å². The van der Waals surface area contributed by atoms with E-state index in [4.69, 9.17) is 23.8 Å². The summed E-state index contributed by atoms with van der Waals surface area (Å²) in [6.07, 6.45) is 8.74. The molecule has 5 heteroatoms. The molecule has 0 spiro atoms. The number of benzene rings is 8. The molecule has 0 radical (unpaired) electrons. The van der Waals surface area contributed by atoms with Crippen LogP contribution in [-0.4, -0.2) is 15.0 Å². The van der Waals surface area contributed by atoms with Gasteiger partial charge in [0.15, 0.2) is 17.5 Å². The lowest BCUT2D eigenvalue weighted by molar-refractivity contribution is 0.668. The molecule has 12 rings (SSSR count). The highest BCUT2D eigenvalue weighted by atomic mass is 16.3. The number of para-hydroxylation sites is 1. The topological polar surface area (TPSA) is 65.0 Å². The van der Waals surface area contributed by atoms with Gasteiger partial charge in [-0.25, -0.2) is 15.0 Å². The van der Waals surface area contributed by atoms with E-state index in [1.54, 1.807) is 0 Å². The molecule has 11 aromatic rings. The van der Waals surface area contributed by atoms with Gasteiger partial charge in [-0.1, -0.05) is 115 Å². The van der Waals surface area contributed by atoms with E-state index in [0.717, 1.165) is 101 Å². The van der Waals surface area contributed by atoms with Crippen LogP contribution in [0, 0.1) is 0 Å². The van der Waals surface area contributed by atoms with Crippen molar-refractivity contribution < 1.29 is 8.83 Å². The maximum Gasteiger partial charge on any atom is 0.164 e. The minimum atomic E-state index is 0.607. The van der Waals surface area contributed by atoms with Gasteiger partial charge in [0, 0.05) is 38.2 Å². The Morgan fingerprint density at radius 2 is 0.948 bits per heavy atom. The molecule has 0 fully saturated rings. The van der Waals surface area contributed by atoms with E-state index in [1.165, 1.54) is 16.5 Å². The third-order valence-electron chi connectivity index (χ3n) is 11.6. The van der Waals surface area contributed by atoms with Crippen LogP contribution in [0.4, 0.5) is 0 Å². The Labute approximate surface area is 333 Å². The van der Waals surface area contributed by atoms with Crippen LogP contribution in [0.3, 0.4) is 0 Å². The number of aromatic nitrogens is 3. The summed E-state index contributed by atoms with van der Waals surface area (Å²) in [4.78, 5) is 15.3. The quantitative estimate of drug-likeness (QED) is 0.176. The summed E-state index contributed by atoms with van der Waals surface area (Å²) in [5.41, 5.74) is 11.1. The van der Waals surface area contributed by atoms with Crippen molar-refractivity contribution in [3.63, 3.8) is 0 Å². The highest BCUT2D eigenvalue weighted by Gasteiger charge is 2.18. The Balaban J connectivity index is 0.975. The number of allylic oxidation sites excluding steroid dienone is 4. The summed E-state index contributed by atoms with van der Waals surface area (Å²) < 4.78 is 12.5. The first kappa shape index (κ1) is 32.6. The standard InChI is InChI=1S/C53H33N3O2/c1-2-9-32(10-3-1)37-23-25-48-45(30-37)50-42(14-8-16-49(50)58-48)38-20-18-36-29-40(22-19-35(36)27-38)52-54-51(39-21-17-33-11-4-5-12-34(33)28-39)55-53(56-52)41-24-26-47-44(31-41)43-13-6-7-15-46(43)57-47/h1-2,4-9,11-31H,3,10H2. The number of nitrogens with zero attached hydrogens (tertiary/aromatic N) is 3. The van der Waals surface area contributed by atoms with E-state index in [2.05, 4.69) is 146 Å². The zero-order valence-electron chi connectivity index (χ0n) is 31.3. The fourth-order valence-corrected chi connectivity index (χ4v) is 8.62. The number of furan rings is 2. The van der Waals surface area contributed by atoms with Crippen LogP contribution in [0.5, 0.6) is 0 Å². The maximum atomic E-state index is 6.39. The van der Waals surface area contributed by atoms with E-state index < -0.39 is 0 Å². The second-order valence-electron chi connectivity index (χ2n) is 15.1. The molecule has 0 aliphatic heterocycles. The Kier molecular flexibility index (Phi) is 7.29. The predicted molar refractivity (Wildman–Crippen MR) is 237 cm³/mol. The van der Waals surface area contributed by atoms with Crippen LogP contribution < -0.4 is 0 Å². The third-order valence-corrected chi connectivity index (χ3v) is 11.6. The van der Waals surface area contributed by atoms with Crippen molar-refractivity contribution in [2.45, 2.75) is 12.8 Å². The second kappa shape index (κ2) is 13.0. The Hall–Kier alpha value is -7.63. The molecule has 272 valence electrons. The van der Waals surface area contributed by atoms with Crippen molar-refractivity contribution in [2.24, 2.45) is 0 Å². The smallest absolute Gasteiger partial charge is 0.164 e. The molecule has 0 bridgehead atoms. The molecule has 3 heterocycles. The molecule has 0 unspecified atom stereocenters. The van der Waals surface area contributed by atoms with E-state index in [0.29, 0.717) is 17.5 Å². The van der Waals surface area contributed by atoms with E-state index in [1.807, 2.05) is 30.3 Å². The zero-order valence-corrected chi connectivity index (χ0v) is 31.3. The lowest BCUT2D eigenvalue weighted by Gasteiger charge is -2.11. The van der Waals surface area contributed by atoms with Gasteiger partial charge in [0.25, 0.3) is 0 Å². The molecule has 0 N–H and O–H groups in total. The second-order valence-corrected chi connectivity index (χ2v) is 15.1. The molecule has 1 aliphatic carbocycles. The Bertz CT molecular complexity index is 3530. The summed E-state index contributed by atoms with van der Waals surface area (Å²) in [6, 6.07) is 55.1. The van der Waals surface area contributed by atoms with E-state index in [9.17, 15) is 0 Å². The zero-order chi connectivity index (χ0) is 38.2. The number of fused-ring (bicyclic) bond motifs is 8. The van der Waals surface area contributed by atoms with Gasteiger partial charge in [-0.15, -0.1) is 0 Å². The molecule has 1 aliphatic rings. The first-order chi connectivity index (χ1) is 28.7. The van der Waals surface area contributed by atoms with Crippen LogP contribution in [0.1, 0.15) is 18.4 Å². The van der Waals surface area contributed by atoms with Crippen LogP contribution in [-0.2, 0) is 0 Å². The molecule has 0 atom stereocenters. The van der Waals surface area contributed by atoms with Crippen molar-refractivity contribution in [3.8, 4) is 45.3 Å². The first-order valence-electron chi connectivity index (χ1n) is 19.7. The van der Waals surface area contributed by atoms with Gasteiger partial charge < -0.3 is 8.83 Å². The molecule has 0 saturated carbocycles. The summed E-state index contributed by atoms with van der Waals surface area (Å²) in [5, 5.41) is 8.91. The third kappa shape index (κ3) is 5.43. The van der Waals surface area contributed by atoms with Crippen LogP contribution >= 0.6 is 0 Å². The van der Waals surface area contributed by atoms with Gasteiger partial charge in [-0.05, 0) is 117 Å². The maximum absolute atomic E-state index is 6.39. The van der Waals surface area contributed by atoms with Crippen molar-refractivity contribution in [3.05, 3.63) is 182 Å². The lowest BCUT2D eigenvalue weighted by atomic mass is 9.93. The fraction of sp³-hybridized carbons (Fsp3) is 0.0377. The monoisotopic (exact) mass is 743 g/mol. The molecular formula is C53H33N3O2. The number of rotatable bonds is 5. The summed E-state index contributed by atoms with van der Waals surface area (Å²) in [6.45, 7) is 0. The van der Waals surface area contributed by atoms with Gasteiger partial charge in [-0.2, -0.15) is 0 Å². The van der Waals surface area contributed by atoms with Gasteiger partial charge >= 0.3 is 0 Å². The van der Waals surface area contributed by atoms with Crippen molar-refractivity contribution >= 4 is 71.0 Å². The minimum Gasteiger partial charge on any atom is -0.456 e. The molecule has 8 aromatic carbocycles. The van der Waals surface area contributed by atoms with Gasteiger partial charge in [0.05, 0.1) is 0 Å². The molecule has 58 heavy (non-hydrogen) atoms. The Morgan fingerprint density at radius 1 is 0.397 bits per heavy atom. The predicted octanol–water partition coefficient (Wildman–Crippen LogP) is 14.4. The molecule has 5 nitrogen and oxygen atoms in total. The average Bonchev–Trinajstić information content (AvgIpc) is 3.86. The van der Waals surface area contributed by atoms with E-state index >= 15 is 0 Å². The number of hydrogen-bond donors (Lipinski definition) is 0. The fourth-order valence-electron chi connectivity index (χ4n) is 8.62. The summed E-state index contributed by atoms with van der Waals surface area (Å²) in [7, 11) is 0. The van der Waals surface area contributed by atoms with Crippen molar-refractivity contribution in [1.29, 1.82) is 0 Å². The van der Waals surface area contributed by atoms with Crippen molar-refractivity contribution in [2.75, 3.05) is 0 Å². The molecule has 0 saturated heterocycles. The SMILES string of the molecule is C1=CCCC(c2ccc3oc4cccc(-c5ccc6cc(-c7nc(-c8ccc9ccccc9c8)nc(-c8ccc9oc%10ccccc%10c9c8)n7)ccc6c5)c4c3c2)=C1. The van der Waals surface area contributed by atoms with E-state index in [-0.39, 0.29) is 0 Å². The molecular weight excluding hydrogens is 711 g/mol. The highest BCUT2D eigenvalue weighted by Crippen LogP contribution is 2.40. The molecule has 0 amide bonds. The van der Waals surface area contributed by atoms with Crippen LogP contribution in [0.2, 0.25) is 0 Å². The van der Waals surface area contributed by atoms with Crippen molar-refractivity contribution in [1.82, 2.24) is 15.0 Å². The first-order valence-corrected chi connectivity index (χ1v) is 19.7. The average molecular weight is 744 g/mol. The van der Waals surface area contributed by atoms with Gasteiger partial charge in [0.1, 0.15) is 22.3 Å². The van der Waals surface area contributed by atoms with Gasteiger partial charge in [0.2, 0.25) is 0 Å². The molecule has 3 aromatic heterocycles. The highest BCUT2D eigenvalue weighted by molar-refractivity contribution is 6.13. The normalized spacial score (nSPS) is 13.1.